The van der Waals surface area contributed by atoms with Gasteiger partial charge in [0.15, 0.2) is 0 Å². The molecule has 0 fully saturated rings. The van der Waals surface area contributed by atoms with E-state index in [0.717, 1.165) is 0 Å². The molecule has 0 atom stereocenters. The van der Waals surface area contributed by atoms with Crippen LogP contribution in [-0.2, 0) is 10.5 Å². The van der Waals surface area contributed by atoms with Crippen LogP contribution in [0.5, 0.6) is 0 Å². The number of rotatable bonds is 0. The summed E-state index contributed by atoms with van der Waals surface area (Å²) in [5.74, 6) is 0. The van der Waals surface area contributed by atoms with Gasteiger partial charge in [0, 0.05) is 0 Å². The summed E-state index contributed by atoms with van der Waals surface area (Å²) < 4.78 is 34.1. The first-order valence-electron chi connectivity index (χ1n) is 0.670. The Balaban J connectivity index is 0. The molecule has 0 saturated heterocycles. The van der Waals surface area contributed by atoms with Gasteiger partial charge in [-0.25, -0.2) is 0 Å². The summed E-state index contributed by atoms with van der Waals surface area (Å²) in [6.45, 7) is 0. The van der Waals surface area contributed by atoms with Crippen LogP contribution in [0.25, 0.3) is 0 Å². The minimum absolute atomic E-state index is 0. The van der Waals surface area contributed by atoms with Gasteiger partial charge in [0.2, 0.25) is 0 Å². The zero-order chi connectivity index (χ0) is 4.50. The van der Waals surface area contributed by atoms with Crippen LogP contribution in [0.1, 0.15) is 0 Å². The monoisotopic (exact) mass is 140 g/mol. The van der Waals surface area contributed by atoms with E-state index in [-0.39, 0.29) is 51.4 Å². The summed E-state index contributed by atoms with van der Waals surface area (Å²) in [6, 6.07) is 0. The Morgan fingerprint density at radius 1 is 1.50 bits per heavy atom. The Hall–Kier alpha value is 1.48. The molecule has 0 saturated carbocycles. The molecule has 0 amide bonds. The SMILES string of the molecule is O=S(=O)(O)F.[KH]. The zero-order valence-electron chi connectivity index (χ0n) is 2.05. The summed E-state index contributed by atoms with van der Waals surface area (Å²) in [7, 11) is -5.17. The van der Waals surface area contributed by atoms with Crippen molar-refractivity contribution < 1.29 is 16.9 Å². The Bertz CT molecular complexity index is 94.0. The average Bonchev–Trinajstić information content (AvgIpc) is 0.722. The molecule has 1 N–H and O–H groups in total. The molecule has 0 aliphatic rings. The van der Waals surface area contributed by atoms with Gasteiger partial charge < -0.3 is 0 Å². The quantitative estimate of drug-likeness (QED) is 0.270. The molecule has 0 aromatic rings. The van der Waals surface area contributed by atoms with Crippen LogP contribution in [0.2, 0.25) is 0 Å². The summed E-state index contributed by atoms with van der Waals surface area (Å²) in [6.07, 6.45) is 0. The van der Waals surface area contributed by atoms with Crippen LogP contribution >= 0.6 is 0 Å². The minimum atomic E-state index is -5.17. The molecule has 6 heteroatoms. The average molecular weight is 140 g/mol. The van der Waals surface area contributed by atoms with Crippen molar-refractivity contribution in [2.75, 3.05) is 0 Å². The van der Waals surface area contributed by atoms with Gasteiger partial charge in [-0.1, -0.05) is 3.89 Å². The first kappa shape index (κ1) is 10.5. The van der Waals surface area contributed by atoms with Crippen LogP contribution < -0.4 is 0 Å². The summed E-state index contributed by atoms with van der Waals surface area (Å²) in [4.78, 5) is 0. The third-order valence-electron chi connectivity index (χ3n) is 0. The zero-order valence-corrected chi connectivity index (χ0v) is 2.87. The van der Waals surface area contributed by atoms with E-state index >= 15 is 0 Å². The van der Waals surface area contributed by atoms with Crippen molar-refractivity contribution in [1.29, 1.82) is 0 Å². The van der Waals surface area contributed by atoms with Crippen molar-refractivity contribution >= 4 is 61.9 Å². The van der Waals surface area contributed by atoms with Crippen molar-refractivity contribution in [2.45, 2.75) is 0 Å². The second-order valence-electron chi connectivity index (χ2n) is 0.412. The van der Waals surface area contributed by atoms with E-state index in [4.69, 9.17) is 13.0 Å². The predicted octanol–water partition coefficient (Wildman–Crippen LogP) is -0.890. The molecule has 0 aromatic heterocycles. The van der Waals surface area contributed by atoms with Gasteiger partial charge in [0.25, 0.3) is 0 Å². The van der Waals surface area contributed by atoms with Gasteiger partial charge in [-0.2, -0.15) is 8.42 Å². The molecule has 3 nitrogen and oxygen atoms in total. The summed E-state index contributed by atoms with van der Waals surface area (Å²) >= 11 is 0. The van der Waals surface area contributed by atoms with Gasteiger partial charge in [0.05, 0.1) is 0 Å². The molecule has 0 unspecified atom stereocenters. The second-order valence-corrected chi connectivity index (χ2v) is 1.24. The van der Waals surface area contributed by atoms with Crippen LogP contribution in [0.3, 0.4) is 0 Å². The van der Waals surface area contributed by atoms with Crippen molar-refractivity contribution in [1.82, 2.24) is 0 Å². The Morgan fingerprint density at radius 2 is 1.50 bits per heavy atom. The fraction of sp³-hybridized carbons (Fsp3) is 0. The van der Waals surface area contributed by atoms with E-state index in [1.807, 2.05) is 0 Å². The Kier molecular flexibility index (Phi) is 6.06. The summed E-state index contributed by atoms with van der Waals surface area (Å²) in [5.41, 5.74) is 0. The Labute approximate surface area is 77.4 Å². The molecule has 0 rings (SSSR count). The molecule has 0 radical (unpaired) electrons. The fourth-order valence-electron chi connectivity index (χ4n) is 0. The predicted molar refractivity (Wildman–Crippen MR) is 19.8 cm³/mol. The number of hydrogen-bond acceptors (Lipinski definition) is 2. The maximum absolute atomic E-state index is 10.2. The fourth-order valence-corrected chi connectivity index (χ4v) is 0. The topological polar surface area (TPSA) is 54.4 Å². The molecule has 6 heavy (non-hydrogen) atoms. The molecule has 34 valence electrons. The third kappa shape index (κ3) is 50.3. The van der Waals surface area contributed by atoms with E-state index in [1.165, 1.54) is 0 Å². The van der Waals surface area contributed by atoms with Crippen molar-refractivity contribution in [2.24, 2.45) is 0 Å². The van der Waals surface area contributed by atoms with Crippen LogP contribution in [0.15, 0.2) is 0 Å². The van der Waals surface area contributed by atoms with Crippen molar-refractivity contribution in [3.63, 3.8) is 0 Å². The van der Waals surface area contributed by atoms with Gasteiger partial charge in [-0.3, -0.25) is 4.55 Å². The number of hydrogen-bond donors (Lipinski definition) is 1. The molecule has 0 heterocycles. The van der Waals surface area contributed by atoms with Crippen LogP contribution in [-0.4, -0.2) is 64.4 Å². The van der Waals surface area contributed by atoms with E-state index < -0.39 is 10.5 Å². The molecule has 0 aliphatic carbocycles. The molecule has 0 aliphatic heterocycles. The second kappa shape index (κ2) is 3.47. The maximum atomic E-state index is 10.2. The molecular formula is H2FKO3S. The van der Waals surface area contributed by atoms with E-state index in [2.05, 4.69) is 0 Å². The van der Waals surface area contributed by atoms with Gasteiger partial charge in [-0.05, 0) is 0 Å². The van der Waals surface area contributed by atoms with Gasteiger partial charge in [-0.15, -0.1) is 0 Å². The Morgan fingerprint density at radius 3 is 1.50 bits per heavy atom. The third-order valence-corrected chi connectivity index (χ3v) is 0. The van der Waals surface area contributed by atoms with E-state index in [1.54, 1.807) is 0 Å². The van der Waals surface area contributed by atoms with Crippen LogP contribution in [0, 0.1) is 0 Å². The molecule has 0 bridgehead atoms. The summed E-state index contributed by atoms with van der Waals surface area (Å²) in [5, 5.41) is 0. The molecule has 0 aromatic carbocycles. The van der Waals surface area contributed by atoms with Crippen molar-refractivity contribution in [3.8, 4) is 0 Å². The molecular weight excluding hydrogens is 138 g/mol. The van der Waals surface area contributed by atoms with Gasteiger partial charge in [0.1, 0.15) is 0 Å². The van der Waals surface area contributed by atoms with E-state index in [0.29, 0.717) is 0 Å². The normalized spacial score (nSPS) is 9.67. The molecule has 0 spiro atoms. The van der Waals surface area contributed by atoms with Crippen LogP contribution in [0.4, 0.5) is 3.89 Å². The first-order chi connectivity index (χ1) is 2.00. The standard InChI is InChI=1S/FHO3S.K.H/c1-5(2,3)4;;/h(H,2,3,4);;. The first-order valence-corrected chi connectivity index (χ1v) is 2.01. The number of halogens is 1. The van der Waals surface area contributed by atoms with Gasteiger partial charge >= 0.3 is 61.9 Å². The van der Waals surface area contributed by atoms with Crippen molar-refractivity contribution in [3.05, 3.63) is 0 Å². The van der Waals surface area contributed by atoms with E-state index in [9.17, 15) is 3.89 Å².